The molecule has 2 N–H and O–H groups in total. The molecule has 3 nitrogen and oxygen atoms in total. The van der Waals surface area contributed by atoms with Gasteiger partial charge in [0.1, 0.15) is 0 Å². The molecule has 1 aromatic carbocycles. The van der Waals surface area contributed by atoms with Gasteiger partial charge in [-0.05, 0) is 31.2 Å². The number of benzene rings is 1. The molecule has 2 aromatic rings. The third-order valence-electron chi connectivity index (χ3n) is 2.44. The van der Waals surface area contributed by atoms with Crippen LogP contribution < -0.4 is 0 Å². The molecule has 2 rings (SSSR count). The molecule has 0 saturated carbocycles. The highest BCUT2D eigenvalue weighted by Gasteiger charge is 2.15. The third-order valence-corrected chi connectivity index (χ3v) is 2.68. The molecule has 4 heteroatoms. The van der Waals surface area contributed by atoms with Crippen LogP contribution in [-0.2, 0) is 4.79 Å². The van der Waals surface area contributed by atoms with Crippen molar-refractivity contribution in [2.24, 2.45) is 0 Å². The lowest BCUT2D eigenvalue weighted by atomic mass is 10.1. The maximum atomic E-state index is 10.8. The number of H-pyrrole nitrogens is 1. The summed E-state index contributed by atoms with van der Waals surface area (Å²) in [5.41, 5.74) is 1.60. The second-order valence-corrected chi connectivity index (χ2v) is 3.95. The first kappa shape index (κ1) is 10.1. The van der Waals surface area contributed by atoms with Gasteiger partial charge in [0.25, 0.3) is 0 Å². The minimum absolute atomic E-state index is 0.531. The van der Waals surface area contributed by atoms with Crippen LogP contribution >= 0.6 is 11.6 Å². The molecule has 0 aliphatic rings. The van der Waals surface area contributed by atoms with Crippen LogP contribution in [0.3, 0.4) is 0 Å². The summed E-state index contributed by atoms with van der Waals surface area (Å²) in [6.07, 6.45) is 0. The molecular formula is C11H10ClNO2. The summed E-state index contributed by atoms with van der Waals surface area (Å²) in [4.78, 5) is 13.9. The molecule has 1 atom stereocenters. The Morgan fingerprint density at radius 1 is 1.47 bits per heavy atom. The number of carbonyl (C=O) groups is 1. The minimum atomic E-state index is -0.840. The summed E-state index contributed by atoms with van der Waals surface area (Å²) in [5, 5.41) is 10.5. The fourth-order valence-corrected chi connectivity index (χ4v) is 1.67. The van der Waals surface area contributed by atoms with E-state index in [0.29, 0.717) is 10.7 Å². The Balaban J connectivity index is 2.51. The highest BCUT2D eigenvalue weighted by Crippen LogP contribution is 2.24. The number of nitrogens with one attached hydrogen (secondary N) is 1. The van der Waals surface area contributed by atoms with Crippen molar-refractivity contribution in [3.63, 3.8) is 0 Å². The molecule has 78 valence electrons. The molecular weight excluding hydrogens is 214 g/mol. The van der Waals surface area contributed by atoms with Gasteiger partial charge in [0.05, 0.1) is 5.92 Å². The highest BCUT2D eigenvalue weighted by atomic mass is 35.5. The van der Waals surface area contributed by atoms with Gasteiger partial charge >= 0.3 is 5.97 Å². The molecule has 0 saturated heterocycles. The lowest BCUT2D eigenvalue weighted by Gasteiger charge is -2.01. The van der Waals surface area contributed by atoms with Gasteiger partial charge in [-0.15, -0.1) is 0 Å². The predicted molar refractivity (Wildman–Crippen MR) is 59.4 cm³/mol. The molecule has 0 aliphatic heterocycles. The summed E-state index contributed by atoms with van der Waals surface area (Å²) in [7, 11) is 0. The maximum absolute atomic E-state index is 10.8. The Kier molecular flexibility index (Phi) is 2.40. The first-order valence-electron chi connectivity index (χ1n) is 4.59. The molecule has 0 spiro atoms. The van der Waals surface area contributed by atoms with Crippen molar-refractivity contribution >= 4 is 28.5 Å². The zero-order valence-corrected chi connectivity index (χ0v) is 8.88. The van der Waals surface area contributed by atoms with Crippen molar-refractivity contribution < 1.29 is 9.90 Å². The average Bonchev–Trinajstić information content (AvgIpc) is 2.58. The number of halogens is 1. The molecule has 0 bridgehead atoms. The summed E-state index contributed by atoms with van der Waals surface area (Å²) >= 11 is 5.84. The molecule has 0 radical (unpaired) electrons. The second-order valence-electron chi connectivity index (χ2n) is 3.52. The van der Waals surface area contributed by atoms with Gasteiger partial charge in [-0.25, -0.2) is 0 Å². The van der Waals surface area contributed by atoms with E-state index in [1.54, 1.807) is 13.0 Å². The van der Waals surface area contributed by atoms with Crippen molar-refractivity contribution in [1.82, 2.24) is 4.98 Å². The SMILES string of the molecule is CC(C(=O)O)c1cc2cc(Cl)ccc2[nH]1. The van der Waals surface area contributed by atoms with Crippen molar-refractivity contribution in [2.75, 3.05) is 0 Å². The van der Waals surface area contributed by atoms with Crippen LogP contribution in [0.15, 0.2) is 24.3 Å². The summed E-state index contributed by atoms with van der Waals surface area (Å²) in [6, 6.07) is 7.25. The van der Waals surface area contributed by atoms with Crippen LogP contribution in [0.2, 0.25) is 5.02 Å². The topological polar surface area (TPSA) is 53.1 Å². The Morgan fingerprint density at radius 2 is 2.20 bits per heavy atom. The molecule has 15 heavy (non-hydrogen) atoms. The number of aliphatic carboxylic acids is 1. The van der Waals surface area contributed by atoms with E-state index < -0.39 is 11.9 Å². The summed E-state index contributed by atoms with van der Waals surface area (Å²) in [6.45, 7) is 1.65. The smallest absolute Gasteiger partial charge is 0.312 e. The maximum Gasteiger partial charge on any atom is 0.312 e. The summed E-state index contributed by atoms with van der Waals surface area (Å²) in [5.74, 6) is -1.37. The van der Waals surface area contributed by atoms with Crippen LogP contribution in [-0.4, -0.2) is 16.1 Å². The van der Waals surface area contributed by atoms with E-state index in [4.69, 9.17) is 16.7 Å². The van der Waals surface area contributed by atoms with Crippen LogP contribution in [0, 0.1) is 0 Å². The van der Waals surface area contributed by atoms with Crippen LogP contribution in [0.25, 0.3) is 10.9 Å². The molecule has 1 unspecified atom stereocenters. The monoisotopic (exact) mass is 223 g/mol. The molecule has 0 fully saturated rings. The summed E-state index contributed by atoms with van der Waals surface area (Å²) < 4.78 is 0. The van der Waals surface area contributed by atoms with Crippen LogP contribution in [0.4, 0.5) is 0 Å². The number of hydrogen-bond donors (Lipinski definition) is 2. The van der Waals surface area contributed by atoms with E-state index in [9.17, 15) is 4.79 Å². The first-order valence-corrected chi connectivity index (χ1v) is 4.96. The Labute approximate surface area is 91.7 Å². The van der Waals surface area contributed by atoms with E-state index in [1.807, 2.05) is 18.2 Å². The minimum Gasteiger partial charge on any atom is -0.481 e. The lowest BCUT2D eigenvalue weighted by Crippen LogP contribution is -2.07. The van der Waals surface area contributed by atoms with Crippen molar-refractivity contribution in [1.29, 1.82) is 0 Å². The number of aromatic nitrogens is 1. The molecule has 0 aliphatic carbocycles. The fourth-order valence-electron chi connectivity index (χ4n) is 1.49. The molecule has 0 amide bonds. The zero-order valence-electron chi connectivity index (χ0n) is 8.12. The van der Waals surface area contributed by atoms with E-state index in [-0.39, 0.29) is 0 Å². The lowest BCUT2D eigenvalue weighted by molar-refractivity contribution is -0.138. The van der Waals surface area contributed by atoms with E-state index in [1.165, 1.54) is 0 Å². The van der Waals surface area contributed by atoms with E-state index in [0.717, 1.165) is 10.9 Å². The third kappa shape index (κ3) is 1.83. The quantitative estimate of drug-likeness (QED) is 0.822. The Bertz CT molecular complexity index is 518. The molecule has 1 aromatic heterocycles. The number of carboxylic acid groups (broad SMARTS) is 1. The Hall–Kier alpha value is -1.48. The van der Waals surface area contributed by atoms with Gasteiger partial charge in [-0.1, -0.05) is 11.6 Å². The first-order chi connectivity index (χ1) is 7.08. The van der Waals surface area contributed by atoms with Gasteiger partial charge in [0.15, 0.2) is 0 Å². The number of fused-ring (bicyclic) bond motifs is 1. The number of hydrogen-bond acceptors (Lipinski definition) is 1. The normalized spacial score (nSPS) is 12.9. The standard InChI is InChI=1S/C11H10ClNO2/c1-6(11(14)15)10-5-7-4-8(12)2-3-9(7)13-10/h2-6,13H,1H3,(H,14,15). The number of carboxylic acids is 1. The van der Waals surface area contributed by atoms with Gasteiger partial charge in [-0.2, -0.15) is 0 Å². The predicted octanol–water partition coefficient (Wildman–Crippen LogP) is 3.01. The van der Waals surface area contributed by atoms with E-state index in [2.05, 4.69) is 4.98 Å². The fraction of sp³-hybridized carbons (Fsp3) is 0.182. The second kappa shape index (κ2) is 3.59. The van der Waals surface area contributed by atoms with Crippen molar-refractivity contribution in [3.8, 4) is 0 Å². The van der Waals surface area contributed by atoms with E-state index >= 15 is 0 Å². The highest BCUT2D eigenvalue weighted by molar-refractivity contribution is 6.31. The van der Waals surface area contributed by atoms with Gasteiger partial charge in [0, 0.05) is 21.6 Å². The van der Waals surface area contributed by atoms with Gasteiger partial charge < -0.3 is 10.1 Å². The van der Waals surface area contributed by atoms with Crippen LogP contribution in [0.5, 0.6) is 0 Å². The van der Waals surface area contributed by atoms with Crippen molar-refractivity contribution in [2.45, 2.75) is 12.8 Å². The van der Waals surface area contributed by atoms with Gasteiger partial charge in [0.2, 0.25) is 0 Å². The largest absolute Gasteiger partial charge is 0.481 e. The number of aromatic amines is 1. The average molecular weight is 224 g/mol. The number of rotatable bonds is 2. The van der Waals surface area contributed by atoms with Crippen LogP contribution in [0.1, 0.15) is 18.5 Å². The van der Waals surface area contributed by atoms with Gasteiger partial charge in [-0.3, -0.25) is 4.79 Å². The Morgan fingerprint density at radius 3 is 2.87 bits per heavy atom. The van der Waals surface area contributed by atoms with Crippen molar-refractivity contribution in [3.05, 3.63) is 35.0 Å². The zero-order chi connectivity index (χ0) is 11.0. The molecule has 1 heterocycles.